The summed E-state index contributed by atoms with van der Waals surface area (Å²) in [5.74, 6) is 1.60. The van der Waals surface area contributed by atoms with Gasteiger partial charge in [0.2, 0.25) is 0 Å². The highest BCUT2D eigenvalue weighted by atomic mass is 14.9. The van der Waals surface area contributed by atoms with E-state index in [1.807, 2.05) is 0 Å². The molecule has 2 rings (SSSR count). The van der Waals surface area contributed by atoms with Crippen LogP contribution in [-0.4, -0.2) is 13.1 Å². The Morgan fingerprint density at radius 1 is 1.21 bits per heavy atom. The van der Waals surface area contributed by atoms with Crippen molar-refractivity contribution in [3.63, 3.8) is 0 Å². The zero-order valence-electron chi connectivity index (χ0n) is 12.6. The van der Waals surface area contributed by atoms with E-state index in [4.69, 9.17) is 0 Å². The first kappa shape index (κ1) is 14.6. The second kappa shape index (κ2) is 7.69. The lowest BCUT2D eigenvalue weighted by Gasteiger charge is -2.25. The van der Waals surface area contributed by atoms with Crippen LogP contribution in [-0.2, 0) is 6.42 Å². The summed E-state index contributed by atoms with van der Waals surface area (Å²) >= 11 is 0. The second-order valence-corrected chi connectivity index (χ2v) is 6.38. The van der Waals surface area contributed by atoms with Crippen molar-refractivity contribution in [2.24, 2.45) is 5.92 Å². The molecular weight excluding hydrogens is 230 g/mol. The fraction of sp³-hybridized carbons (Fsp3) is 0.667. The summed E-state index contributed by atoms with van der Waals surface area (Å²) in [4.78, 5) is 0. The molecule has 1 aliphatic rings. The quantitative estimate of drug-likeness (QED) is 0.710. The van der Waals surface area contributed by atoms with Crippen LogP contribution in [0.3, 0.4) is 0 Å². The molecule has 106 valence electrons. The molecule has 1 N–H and O–H groups in total. The third kappa shape index (κ3) is 4.65. The standard InChI is InChI=1S/C18H29N/c1-15(2)8-5-6-13-19-14-17-11-7-10-16-9-3-4-12-18(16)17/h3-4,9,12,15,17,19H,5-8,10-11,13-14H2,1-2H3. The maximum Gasteiger partial charge on any atom is 0.00202 e. The van der Waals surface area contributed by atoms with Gasteiger partial charge in [0.05, 0.1) is 0 Å². The fourth-order valence-corrected chi connectivity index (χ4v) is 3.15. The SMILES string of the molecule is CC(C)CCCCNCC1CCCc2ccccc21. The lowest BCUT2D eigenvalue weighted by Crippen LogP contribution is -2.25. The topological polar surface area (TPSA) is 12.0 Å². The highest BCUT2D eigenvalue weighted by molar-refractivity contribution is 5.32. The van der Waals surface area contributed by atoms with E-state index in [-0.39, 0.29) is 0 Å². The van der Waals surface area contributed by atoms with Crippen LogP contribution in [0.25, 0.3) is 0 Å². The Kier molecular flexibility index (Phi) is 5.91. The molecule has 0 aliphatic heterocycles. The van der Waals surface area contributed by atoms with Gasteiger partial charge in [-0.05, 0) is 55.2 Å². The summed E-state index contributed by atoms with van der Waals surface area (Å²) in [6, 6.07) is 9.02. The average Bonchev–Trinajstić information content (AvgIpc) is 2.42. The van der Waals surface area contributed by atoms with E-state index >= 15 is 0 Å². The van der Waals surface area contributed by atoms with Gasteiger partial charge in [-0.3, -0.25) is 0 Å². The van der Waals surface area contributed by atoms with Gasteiger partial charge in [-0.15, -0.1) is 0 Å². The van der Waals surface area contributed by atoms with Gasteiger partial charge < -0.3 is 5.32 Å². The molecule has 0 saturated carbocycles. The lowest BCUT2D eigenvalue weighted by atomic mass is 9.83. The number of rotatable bonds is 7. The smallest absolute Gasteiger partial charge is 0.00202 e. The van der Waals surface area contributed by atoms with Gasteiger partial charge in [0.1, 0.15) is 0 Å². The van der Waals surface area contributed by atoms with Gasteiger partial charge in [0.25, 0.3) is 0 Å². The van der Waals surface area contributed by atoms with Crippen LogP contribution in [0, 0.1) is 5.92 Å². The Morgan fingerprint density at radius 3 is 2.89 bits per heavy atom. The maximum atomic E-state index is 3.67. The van der Waals surface area contributed by atoms with Crippen molar-refractivity contribution in [2.45, 2.75) is 58.3 Å². The molecule has 1 nitrogen and oxygen atoms in total. The lowest BCUT2D eigenvalue weighted by molar-refractivity contribution is 0.483. The molecule has 0 saturated heterocycles. The summed E-state index contributed by atoms with van der Waals surface area (Å²) in [6.45, 7) is 6.98. The number of aryl methyl sites for hydroxylation is 1. The summed E-state index contributed by atoms with van der Waals surface area (Å²) in [5.41, 5.74) is 3.18. The van der Waals surface area contributed by atoms with Gasteiger partial charge in [0.15, 0.2) is 0 Å². The van der Waals surface area contributed by atoms with E-state index in [2.05, 4.69) is 43.4 Å². The summed E-state index contributed by atoms with van der Waals surface area (Å²) in [5, 5.41) is 3.67. The number of fused-ring (bicyclic) bond motifs is 1. The molecule has 1 aromatic rings. The predicted octanol–water partition coefficient (Wildman–Crippen LogP) is 4.52. The molecule has 1 atom stereocenters. The first-order valence-corrected chi connectivity index (χ1v) is 8.06. The molecule has 0 spiro atoms. The highest BCUT2D eigenvalue weighted by Gasteiger charge is 2.18. The van der Waals surface area contributed by atoms with Gasteiger partial charge in [0, 0.05) is 6.54 Å². The van der Waals surface area contributed by atoms with Crippen molar-refractivity contribution < 1.29 is 0 Å². The normalized spacial score (nSPS) is 18.6. The van der Waals surface area contributed by atoms with Gasteiger partial charge >= 0.3 is 0 Å². The third-order valence-electron chi connectivity index (χ3n) is 4.27. The maximum absolute atomic E-state index is 3.67. The number of benzene rings is 1. The molecular formula is C18H29N. The monoisotopic (exact) mass is 259 g/mol. The Labute approximate surface area is 118 Å². The largest absolute Gasteiger partial charge is 0.316 e. The van der Waals surface area contributed by atoms with E-state index < -0.39 is 0 Å². The number of hydrogen-bond donors (Lipinski definition) is 1. The van der Waals surface area contributed by atoms with Crippen molar-refractivity contribution in [1.82, 2.24) is 5.32 Å². The van der Waals surface area contributed by atoms with Crippen molar-refractivity contribution in [1.29, 1.82) is 0 Å². The zero-order chi connectivity index (χ0) is 13.5. The summed E-state index contributed by atoms with van der Waals surface area (Å²) < 4.78 is 0. The highest BCUT2D eigenvalue weighted by Crippen LogP contribution is 2.30. The van der Waals surface area contributed by atoms with Crippen LogP contribution in [0.4, 0.5) is 0 Å². The molecule has 1 aliphatic carbocycles. The molecule has 19 heavy (non-hydrogen) atoms. The van der Waals surface area contributed by atoms with Crippen LogP contribution in [0.15, 0.2) is 24.3 Å². The molecule has 0 aromatic heterocycles. The molecule has 1 unspecified atom stereocenters. The van der Waals surface area contributed by atoms with Crippen LogP contribution < -0.4 is 5.32 Å². The summed E-state index contributed by atoms with van der Waals surface area (Å²) in [7, 11) is 0. The van der Waals surface area contributed by atoms with Crippen molar-refractivity contribution in [3.8, 4) is 0 Å². The van der Waals surface area contributed by atoms with E-state index in [1.54, 1.807) is 11.1 Å². The van der Waals surface area contributed by atoms with E-state index in [1.165, 1.54) is 51.6 Å². The Hall–Kier alpha value is -0.820. The van der Waals surface area contributed by atoms with E-state index in [0.29, 0.717) is 0 Å². The molecule has 1 aromatic carbocycles. The Bertz CT molecular complexity index is 370. The van der Waals surface area contributed by atoms with Crippen molar-refractivity contribution in [2.75, 3.05) is 13.1 Å². The Morgan fingerprint density at radius 2 is 2.05 bits per heavy atom. The van der Waals surface area contributed by atoms with Crippen molar-refractivity contribution in [3.05, 3.63) is 35.4 Å². The number of unbranched alkanes of at least 4 members (excludes halogenated alkanes) is 1. The third-order valence-corrected chi connectivity index (χ3v) is 4.27. The minimum Gasteiger partial charge on any atom is -0.316 e. The number of nitrogens with one attached hydrogen (secondary N) is 1. The molecule has 0 amide bonds. The molecule has 1 heteroatoms. The minimum atomic E-state index is 0.745. The molecule has 0 bridgehead atoms. The van der Waals surface area contributed by atoms with E-state index in [0.717, 1.165) is 11.8 Å². The van der Waals surface area contributed by atoms with Crippen LogP contribution >= 0.6 is 0 Å². The number of hydrogen-bond acceptors (Lipinski definition) is 1. The van der Waals surface area contributed by atoms with E-state index in [9.17, 15) is 0 Å². The van der Waals surface area contributed by atoms with Crippen molar-refractivity contribution >= 4 is 0 Å². The zero-order valence-corrected chi connectivity index (χ0v) is 12.6. The molecule has 0 heterocycles. The Balaban J connectivity index is 1.70. The van der Waals surface area contributed by atoms with Crippen LogP contribution in [0.5, 0.6) is 0 Å². The average molecular weight is 259 g/mol. The van der Waals surface area contributed by atoms with Crippen LogP contribution in [0.1, 0.15) is 63.0 Å². The van der Waals surface area contributed by atoms with Crippen LogP contribution in [0.2, 0.25) is 0 Å². The van der Waals surface area contributed by atoms with Gasteiger partial charge in [-0.1, -0.05) is 51.0 Å². The predicted molar refractivity (Wildman–Crippen MR) is 83.7 cm³/mol. The minimum absolute atomic E-state index is 0.745. The fourth-order valence-electron chi connectivity index (χ4n) is 3.15. The van der Waals surface area contributed by atoms with Gasteiger partial charge in [-0.25, -0.2) is 0 Å². The summed E-state index contributed by atoms with van der Waals surface area (Å²) in [6.07, 6.45) is 8.06. The second-order valence-electron chi connectivity index (χ2n) is 6.38. The first-order valence-electron chi connectivity index (χ1n) is 8.06. The first-order chi connectivity index (χ1) is 9.27. The molecule has 0 radical (unpaired) electrons. The molecule has 0 fully saturated rings. The van der Waals surface area contributed by atoms with Gasteiger partial charge in [-0.2, -0.15) is 0 Å².